The lowest BCUT2D eigenvalue weighted by molar-refractivity contribution is -0.142. The van der Waals surface area contributed by atoms with Crippen molar-refractivity contribution in [3.05, 3.63) is 53.5 Å². The minimum absolute atomic E-state index is 0.0949. The van der Waals surface area contributed by atoms with Crippen molar-refractivity contribution < 1.29 is 23.9 Å². The summed E-state index contributed by atoms with van der Waals surface area (Å²) in [5.74, 6) is -1.70. The van der Waals surface area contributed by atoms with Crippen LogP contribution in [0, 0.1) is 0 Å². The molecule has 0 N–H and O–H groups in total. The predicted octanol–water partition coefficient (Wildman–Crippen LogP) is 3.01. The van der Waals surface area contributed by atoms with Crippen LogP contribution in [0.1, 0.15) is 23.8 Å². The quantitative estimate of drug-likeness (QED) is 0.413. The number of piperidine rings is 1. The summed E-state index contributed by atoms with van der Waals surface area (Å²) in [7, 11) is 1.50. The van der Waals surface area contributed by atoms with Gasteiger partial charge < -0.3 is 9.64 Å². The largest absolute Gasteiger partial charge is 0.497 e. The van der Waals surface area contributed by atoms with E-state index in [2.05, 4.69) is 0 Å². The number of nitrogens with zero attached hydrogens (tertiary/aromatic N) is 4. The molecular formula is C24H22N4O5S. The number of thiazole rings is 1. The number of amides is 5. The molecule has 3 heterocycles. The van der Waals surface area contributed by atoms with E-state index in [0.29, 0.717) is 18.8 Å². The van der Waals surface area contributed by atoms with Crippen molar-refractivity contribution >= 4 is 51.0 Å². The first-order valence-corrected chi connectivity index (χ1v) is 11.7. The van der Waals surface area contributed by atoms with Gasteiger partial charge in [-0.25, -0.2) is 19.6 Å². The molecule has 174 valence electrons. The first kappa shape index (κ1) is 22.0. The highest BCUT2D eigenvalue weighted by Crippen LogP contribution is 2.33. The van der Waals surface area contributed by atoms with E-state index in [0.717, 1.165) is 37.9 Å². The summed E-state index contributed by atoms with van der Waals surface area (Å²) in [6, 6.07) is 13.3. The van der Waals surface area contributed by atoms with Crippen molar-refractivity contribution in [3.8, 4) is 5.75 Å². The van der Waals surface area contributed by atoms with Crippen molar-refractivity contribution in [2.24, 2.45) is 0 Å². The van der Waals surface area contributed by atoms with Crippen LogP contribution < -0.4 is 9.64 Å². The molecule has 2 saturated heterocycles. The van der Waals surface area contributed by atoms with E-state index in [1.165, 1.54) is 19.2 Å². The standard InChI is InChI=1S/C24H22N4O5S/c1-33-17-10-8-16(9-11-17)28-23(31)22(30)27(24(28)32)14-20(29)26-12-4-5-15(13-26)21-25-18-6-2-3-7-19(18)34-21/h2-3,6-11,15H,4-5,12-14H2,1H3/t15-/m1/s1. The fourth-order valence-corrected chi connectivity index (χ4v) is 5.40. The Hall–Kier alpha value is -3.79. The van der Waals surface area contributed by atoms with E-state index in [4.69, 9.17) is 9.72 Å². The number of likely N-dealkylation sites (tertiary alicyclic amines) is 1. The third-order valence-corrected chi connectivity index (χ3v) is 7.31. The first-order chi connectivity index (χ1) is 16.5. The highest BCUT2D eigenvalue weighted by Gasteiger charge is 2.46. The second-order valence-electron chi connectivity index (χ2n) is 8.21. The lowest BCUT2D eigenvalue weighted by Crippen LogP contribution is -2.46. The Kier molecular flexibility index (Phi) is 5.74. The van der Waals surface area contributed by atoms with Gasteiger partial charge in [-0.05, 0) is 49.2 Å². The summed E-state index contributed by atoms with van der Waals surface area (Å²) in [4.78, 5) is 58.9. The minimum Gasteiger partial charge on any atom is -0.497 e. The van der Waals surface area contributed by atoms with E-state index < -0.39 is 24.4 Å². The van der Waals surface area contributed by atoms with Gasteiger partial charge in [-0.3, -0.25) is 14.4 Å². The number of hydrogen-bond donors (Lipinski definition) is 0. The van der Waals surface area contributed by atoms with Crippen LogP contribution in [0.5, 0.6) is 5.75 Å². The molecule has 34 heavy (non-hydrogen) atoms. The topological polar surface area (TPSA) is 100 Å². The maximum atomic E-state index is 13.0. The van der Waals surface area contributed by atoms with Crippen molar-refractivity contribution in [1.82, 2.24) is 14.8 Å². The Bertz CT molecular complexity index is 1260. The van der Waals surface area contributed by atoms with Crippen molar-refractivity contribution in [1.29, 1.82) is 0 Å². The second-order valence-corrected chi connectivity index (χ2v) is 9.27. The van der Waals surface area contributed by atoms with Gasteiger partial charge in [0.05, 0.1) is 28.0 Å². The number of para-hydroxylation sites is 1. The van der Waals surface area contributed by atoms with Gasteiger partial charge in [0, 0.05) is 19.0 Å². The van der Waals surface area contributed by atoms with Crippen LogP contribution in [0.25, 0.3) is 10.2 Å². The molecule has 3 aromatic rings. The monoisotopic (exact) mass is 478 g/mol. The molecule has 5 amide bonds. The summed E-state index contributed by atoms with van der Waals surface area (Å²) in [5.41, 5.74) is 1.18. The smallest absolute Gasteiger partial charge is 0.339 e. The predicted molar refractivity (Wildman–Crippen MR) is 126 cm³/mol. The number of methoxy groups -OCH3 is 1. The average Bonchev–Trinajstić information content (AvgIpc) is 3.39. The lowest BCUT2D eigenvalue weighted by atomic mass is 9.98. The number of ether oxygens (including phenoxy) is 1. The van der Waals surface area contributed by atoms with E-state index in [1.807, 2.05) is 24.3 Å². The zero-order valence-electron chi connectivity index (χ0n) is 18.5. The summed E-state index contributed by atoms with van der Waals surface area (Å²) >= 11 is 1.62. The number of carbonyl (C=O) groups excluding carboxylic acids is 4. The van der Waals surface area contributed by atoms with Crippen LogP contribution in [0.4, 0.5) is 10.5 Å². The van der Waals surface area contributed by atoms with Crippen molar-refractivity contribution in [2.75, 3.05) is 31.6 Å². The molecule has 2 aromatic carbocycles. The molecule has 1 atom stereocenters. The normalized spacial score (nSPS) is 18.8. The van der Waals surface area contributed by atoms with E-state index in [1.54, 1.807) is 28.4 Å². The summed E-state index contributed by atoms with van der Waals surface area (Å²) in [5, 5.41) is 0.980. The second kappa shape index (κ2) is 8.86. The molecular weight excluding hydrogens is 456 g/mol. The molecule has 0 bridgehead atoms. The Morgan fingerprint density at radius 2 is 1.85 bits per heavy atom. The Balaban J connectivity index is 1.28. The van der Waals surface area contributed by atoms with Crippen LogP contribution in [0.3, 0.4) is 0 Å². The number of anilines is 1. The molecule has 0 radical (unpaired) electrons. The number of hydrogen-bond acceptors (Lipinski definition) is 7. The Labute approximate surface area is 199 Å². The molecule has 2 fully saturated rings. The minimum atomic E-state index is -1.01. The van der Waals surface area contributed by atoms with Gasteiger partial charge in [-0.2, -0.15) is 0 Å². The van der Waals surface area contributed by atoms with Crippen LogP contribution >= 0.6 is 11.3 Å². The maximum absolute atomic E-state index is 13.0. The van der Waals surface area contributed by atoms with Crippen LogP contribution in [-0.2, 0) is 14.4 Å². The van der Waals surface area contributed by atoms with E-state index in [-0.39, 0.29) is 17.5 Å². The summed E-state index contributed by atoms with van der Waals surface area (Å²) in [6.07, 6.45) is 1.71. The Morgan fingerprint density at radius 3 is 2.59 bits per heavy atom. The molecule has 0 unspecified atom stereocenters. The average molecular weight is 479 g/mol. The fraction of sp³-hybridized carbons (Fsp3) is 0.292. The number of rotatable bonds is 5. The van der Waals surface area contributed by atoms with Crippen molar-refractivity contribution in [2.45, 2.75) is 18.8 Å². The molecule has 2 aliphatic rings. The van der Waals surface area contributed by atoms with Crippen LogP contribution in [0.15, 0.2) is 48.5 Å². The summed E-state index contributed by atoms with van der Waals surface area (Å²) < 4.78 is 6.19. The van der Waals surface area contributed by atoms with Crippen LogP contribution in [-0.4, -0.2) is 65.3 Å². The highest BCUT2D eigenvalue weighted by molar-refractivity contribution is 7.18. The van der Waals surface area contributed by atoms with Gasteiger partial charge in [0.2, 0.25) is 5.91 Å². The zero-order chi connectivity index (χ0) is 23.8. The van der Waals surface area contributed by atoms with Gasteiger partial charge in [0.15, 0.2) is 0 Å². The Morgan fingerprint density at radius 1 is 1.09 bits per heavy atom. The van der Waals surface area contributed by atoms with E-state index in [9.17, 15) is 19.2 Å². The van der Waals surface area contributed by atoms with Gasteiger partial charge in [-0.15, -0.1) is 11.3 Å². The number of benzene rings is 2. The van der Waals surface area contributed by atoms with Crippen LogP contribution in [0.2, 0.25) is 0 Å². The number of imide groups is 2. The molecule has 0 saturated carbocycles. The molecule has 2 aliphatic heterocycles. The third kappa shape index (κ3) is 3.90. The first-order valence-electron chi connectivity index (χ1n) is 10.9. The third-order valence-electron chi connectivity index (χ3n) is 6.11. The van der Waals surface area contributed by atoms with Crippen molar-refractivity contribution in [3.63, 3.8) is 0 Å². The number of carbonyl (C=O) groups is 4. The molecule has 0 spiro atoms. The fourth-order valence-electron chi connectivity index (χ4n) is 4.31. The van der Waals surface area contributed by atoms with Gasteiger partial charge >= 0.3 is 17.8 Å². The zero-order valence-corrected chi connectivity index (χ0v) is 19.3. The lowest BCUT2D eigenvalue weighted by Gasteiger charge is -2.32. The van der Waals surface area contributed by atoms with Gasteiger partial charge in [0.1, 0.15) is 12.3 Å². The highest BCUT2D eigenvalue weighted by atomic mass is 32.1. The maximum Gasteiger partial charge on any atom is 0.339 e. The molecule has 1 aromatic heterocycles. The SMILES string of the molecule is COc1ccc(N2C(=O)C(=O)N(CC(=O)N3CCC[C@@H](c4nc5ccccc5s4)C3)C2=O)cc1. The van der Waals surface area contributed by atoms with Gasteiger partial charge in [0.25, 0.3) is 0 Å². The summed E-state index contributed by atoms with van der Waals surface area (Å²) in [6.45, 7) is 0.528. The molecule has 9 nitrogen and oxygen atoms in total. The molecule has 0 aliphatic carbocycles. The molecule has 5 rings (SSSR count). The van der Waals surface area contributed by atoms with E-state index >= 15 is 0 Å². The number of urea groups is 1. The number of aromatic nitrogens is 1. The number of fused-ring (bicyclic) bond motifs is 1. The molecule has 10 heteroatoms. The van der Waals surface area contributed by atoms with Gasteiger partial charge in [-0.1, -0.05) is 12.1 Å².